The summed E-state index contributed by atoms with van der Waals surface area (Å²) in [6.45, 7) is 0. The van der Waals surface area contributed by atoms with Crippen LogP contribution < -0.4 is 0 Å². The number of hydrogen-bond donors (Lipinski definition) is 2. The highest BCUT2D eigenvalue weighted by atomic mass is 79.9. The summed E-state index contributed by atoms with van der Waals surface area (Å²) in [6.07, 6.45) is -1.38. The van der Waals surface area contributed by atoms with Gasteiger partial charge in [-0.25, -0.2) is 4.98 Å². The van der Waals surface area contributed by atoms with Gasteiger partial charge in [-0.3, -0.25) is 4.79 Å². The van der Waals surface area contributed by atoms with Gasteiger partial charge in [-0.1, -0.05) is 6.07 Å². The van der Waals surface area contributed by atoms with E-state index in [9.17, 15) is 9.90 Å². The third kappa shape index (κ3) is 3.12. The molecule has 1 unspecified atom stereocenters. The van der Waals surface area contributed by atoms with Crippen molar-refractivity contribution in [2.24, 2.45) is 0 Å². The van der Waals surface area contributed by atoms with Crippen LogP contribution in [0.5, 0.6) is 0 Å². The van der Waals surface area contributed by atoms with E-state index in [1.807, 2.05) is 0 Å². The number of nitrogens with zero attached hydrogens (tertiary/aromatic N) is 1. The summed E-state index contributed by atoms with van der Waals surface area (Å²) in [4.78, 5) is 14.2. The van der Waals surface area contributed by atoms with Crippen LogP contribution in [0.15, 0.2) is 22.8 Å². The van der Waals surface area contributed by atoms with E-state index < -0.39 is 12.1 Å². The van der Waals surface area contributed by atoms with Gasteiger partial charge in [0.25, 0.3) is 0 Å². The Hall–Kier alpha value is -0.940. The minimum absolute atomic E-state index is 0.330. The number of hydrogen-bond acceptors (Lipinski definition) is 3. The van der Waals surface area contributed by atoms with Crippen LogP contribution in [0, 0.1) is 0 Å². The highest BCUT2D eigenvalue weighted by Crippen LogP contribution is 2.16. The molecule has 4 nitrogen and oxygen atoms in total. The van der Waals surface area contributed by atoms with Crippen LogP contribution in [0.25, 0.3) is 0 Å². The third-order valence-corrected chi connectivity index (χ3v) is 1.89. The first-order valence-corrected chi connectivity index (χ1v) is 4.41. The largest absolute Gasteiger partial charge is 0.481 e. The Morgan fingerprint density at radius 2 is 2.31 bits per heavy atom. The topological polar surface area (TPSA) is 70.4 Å². The monoisotopic (exact) mass is 245 g/mol. The van der Waals surface area contributed by atoms with Gasteiger partial charge in [0, 0.05) is 0 Å². The van der Waals surface area contributed by atoms with Crippen molar-refractivity contribution in [1.29, 1.82) is 0 Å². The number of aliphatic hydroxyl groups excluding tert-OH is 1. The summed E-state index contributed by atoms with van der Waals surface area (Å²) >= 11 is 3.13. The van der Waals surface area contributed by atoms with Crippen LogP contribution in [-0.4, -0.2) is 21.2 Å². The Bertz CT molecular complexity index is 316. The van der Waals surface area contributed by atoms with Crippen LogP contribution in [0.2, 0.25) is 0 Å². The lowest BCUT2D eigenvalue weighted by Crippen LogP contribution is -2.06. The molecule has 1 aromatic heterocycles. The molecule has 5 heteroatoms. The highest BCUT2D eigenvalue weighted by molar-refractivity contribution is 9.10. The molecule has 0 aliphatic rings. The SMILES string of the molecule is O=C(O)CC(O)c1cccc(Br)n1. The lowest BCUT2D eigenvalue weighted by atomic mass is 10.2. The molecule has 0 amide bonds. The first-order valence-electron chi connectivity index (χ1n) is 3.62. The summed E-state index contributed by atoms with van der Waals surface area (Å²) in [5, 5.41) is 17.8. The summed E-state index contributed by atoms with van der Waals surface area (Å²) in [5.41, 5.74) is 0.358. The van der Waals surface area contributed by atoms with Gasteiger partial charge < -0.3 is 10.2 Å². The highest BCUT2D eigenvalue weighted by Gasteiger charge is 2.12. The standard InChI is InChI=1S/C8H8BrNO3/c9-7-3-1-2-5(10-7)6(11)4-8(12)13/h1-3,6,11H,4H2,(H,12,13). The van der Waals surface area contributed by atoms with Gasteiger partial charge >= 0.3 is 5.97 Å². The Morgan fingerprint density at radius 1 is 1.62 bits per heavy atom. The molecule has 0 fully saturated rings. The van der Waals surface area contributed by atoms with Gasteiger partial charge in [-0.2, -0.15) is 0 Å². The van der Waals surface area contributed by atoms with Gasteiger partial charge in [-0.15, -0.1) is 0 Å². The van der Waals surface area contributed by atoms with E-state index in [-0.39, 0.29) is 6.42 Å². The maximum Gasteiger partial charge on any atom is 0.306 e. The zero-order valence-electron chi connectivity index (χ0n) is 6.64. The van der Waals surface area contributed by atoms with Gasteiger partial charge in [0.1, 0.15) is 10.7 Å². The quantitative estimate of drug-likeness (QED) is 0.790. The van der Waals surface area contributed by atoms with Crippen molar-refractivity contribution in [1.82, 2.24) is 4.98 Å². The molecule has 0 aromatic carbocycles. The summed E-state index contributed by atoms with van der Waals surface area (Å²) < 4.78 is 0.578. The molecule has 1 aromatic rings. The molecule has 0 saturated heterocycles. The summed E-state index contributed by atoms with van der Waals surface area (Å²) in [5.74, 6) is -1.05. The van der Waals surface area contributed by atoms with Gasteiger partial charge in [0.15, 0.2) is 0 Å². The van der Waals surface area contributed by atoms with Crippen molar-refractivity contribution in [2.75, 3.05) is 0 Å². The smallest absolute Gasteiger partial charge is 0.306 e. The second kappa shape index (κ2) is 4.34. The molecule has 2 N–H and O–H groups in total. The van der Waals surface area contributed by atoms with E-state index >= 15 is 0 Å². The predicted molar refractivity (Wildman–Crippen MR) is 49.1 cm³/mol. The first kappa shape index (κ1) is 10.1. The van der Waals surface area contributed by atoms with Gasteiger partial charge in [-0.05, 0) is 28.1 Å². The first-order chi connectivity index (χ1) is 6.09. The number of carboxylic acid groups (broad SMARTS) is 1. The summed E-state index contributed by atoms with van der Waals surface area (Å²) in [6, 6.07) is 4.98. The van der Waals surface area contributed by atoms with Crippen molar-refractivity contribution >= 4 is 21.9 Å². The number of carbonyl (C=O) groups is 1. The van der Waals surface area contributed by atoms with Gasteiger partial charge in [0.05, 0.1) is 12.1 Å². The lowest BCUT2D eigenvalue weighted by Gasteiger charge is -2.06. The number of aliphatic hydroxyl groups is 1. The molecule has 0 radical (unpaired) electrons. The zero-order valence-corrected chi connectivity index (χ0v) is 8.23. The van der Waals surface area contributed by atoms with E-state index in [4.69, 9.17) is 5.11 Å². The van der Waals surface area contributed by atoms with Crippen molar-refractivity contribution in [2.45, 2.75) is 12.5 Å². The van der Waals surface area contributed by atoms with Crippen molar-refractivity contribution in [3.63, 3.8) is 0 Å². The number of halogens is 1. The van der Waals surface area contributed by atoms with Crippen LogP contribution in [0.3, 0.4) is 0 Å². The molecule has 0 spiro atoms. The molecule has 0 aliphatic carbocycles. The average Bonchev–Trinajstić information content (AvgIpc) is 2.03. The molecule has 0 bridgehead atoms. The van der Waals surface area contributed by atoms with E-state index in [0.29, 0.717) is 10.3 Å². The van der Waals surface area contributed by atoms with Crippen LogP contribution in [0.1, 0.15) is 18.2 Å². The molecule has 1 atom stereocenters. The Morgan fingerprint density at radius 3 is 2.85 bits per heavy atom. The van der Waals surface area contributed by atoms with Crippen LogP contribution in [-0.2, 0) is 4.79 Å². The molecule has 70 valence electrons. The molecule has 1 rings (SSSR count). The normalized spacial score (nSPS) is 12.5. The van der Waals surface area contributed by atoms with Crippen molar-refractivity contribution in [3.05, 3.63) is 28.5 Å². The minimum atomic E-state index is -1.05. The maximum atomic E-state index is 10.3. The van der Waals surface area contributed by atoms with E-state index in [0.717, 1.165) is 0 Å². The number of carboxylic acids is 1. The maximum absolute atomic E-state index is 10.3. The van der Waals surface area contributed by atoms with E-state index in [2.05, 4.69) is 20.9 Å². The molecule has 1 heterocycles. The Balaban J connectivity index is 2.76. The molecular weight excluding hydrogens is 238 g/mol. The Labute approximate surface area is 83.4 Å². The molecule has 13 heavy (non-hydrogen) atoms. The zero-order chi connectivity index (χ0) is 9.84. The molecule has 0 aliphatic heterocycles. The van der Waals surface area contributed by atoms with Crippen LogP contribution >= 0.6 is 15.9 Å². The molecular formula is C8H8BrNO3. The number of aromatic nitrogens is 1. The van der Waals surface area contributed by atoms with Gasteiger partial charge in [0.2, 0.25) is 0 Å². The second-order valence-electron chi connectivity index (χ2n) is 2.50. The van der Waals surface area contributed by atoms with Crippen molar-refractivity contribution in [3.8, 4) is 0 Å². The van der Waals surface area contributed by atoms with E-state index in [1.54, 1.807) is 18.2 Å². The number of pyridine rings is 1. The van der Waals surface area contributed by atoms with Crippen LogP contribution in [0.4, 0.5) is 0 Å². The van der Waals surface area contributed by atoms with E-state index in [1.165, 1.54) is 0 Å². The number of rotatable bonds is 3. The minimum Gasteiger partial charge on any atom is -0.481 e. The Kier molecular flexibility index (Phi) is 3.39. The molecule has 0 saturated carbocycles. The summed E-state index contributed by atoms with van der Waals surface area (Å²) in [7, 11) is 0. The third-order valence-electron chi connectivity index (χ3n) is 1.45. The fourth-order valence-corrected chi connectivity index (χ4v) is 1.24. The fourth-order valence-electron chi connectivity index (χ4n) is 0.880. The van der Waals surface area contributed by atoms with Crippen molar-refractivity contribution < 1.29 is 15.0 Å². The average molecular weight is 246 g/mol. The predicted octanol–water partition coefficient (Wildman–Crippen LogP) is 1.35. The number of aliphatic carboxylic acids is 1. The fraction of sp³-hybridized carbons (Fsp3) is 0.250. The second-order valence-corrected chi connectivity index (χ2v) is 3.31. The lowest BCUT2D eigenvalue weighted by molar-refractivity contribution is -0.139.